The second-order valence-corrected chi connectivity index (χ2v) is 3.79. The Balaban J connectivity index is 2.85. The average Bonchev–Trinajstić information content (AvgIpc) is 2.44. The Bertz CT molecular complexity index is 406. The first-order valence-corrected chi connectivity index (χ1v) is 5.86. The number of hydrogen-bond donors (Lipinski definition) is 2. The van der Waals surface area contributed by atoms with E-state index < -0.39 is 12.2 Å². The van der Waals surface area contributed by atoms with Crippen molar-refractivity contribution in [3.05, 3.63) is 23.8 Å². The van der Waals surface area contributed by atoms with E-state index in [-0.39, 0.29) is 13.1 Å². The van der Waals surface area contributed by atoms with Gasteiger partial charge in [0.05, 0.1) is 13.7 Å². The number of carbonyl (C=O) groups is 1. The van der Waals surface area contributed by atoms with Crippen molar-refractivity contribution in [2.24, 2.45) is 0 Å². The van der Waals surface area contributed by atoms with Crippen LogP contribution < -0.4 is 9.47 Å². The predicted octanol–water partition coefficient (Wildman–Crippen LogP) is 0.661. The number of rotatable bonds is 8. The summed E-state index contributed by atoms with van der Waals surface area (Å²) in [6.07, 6.45) is -2.38. The number of ether oxygens (including phenoxy) is 3. The van der Waals surface area contributed by atoms with Gasteiger partial charge in [0.1, 0.15) is 18.8 Å². The van der Waals surface area contributed by atoms with Crippen molar-refractivity contribution in [1.82, 2.24) is 0 Å². The Hall–Kier alpha value is -1.79. The topological polar surface area (TPSA) is 85.2 Å². The first kappa shape index (κ1) is 15.3. The van der Waals surface area contributed by atoms with Gasteiger partial charge in [0.15, 0.2) is 11.5 Å². The summed E-state index contributed by atoms with van der Waals surface area (Å²) >= 11 is 0. The van der Waals surface area contributed by atoms with Crippen LogP contribution in [0.2, 0.25) is 0 Å². The molecule has 0 saturated heterocycles. The lowest BCUT2D eigenvalue weighted by atomic mass is 10.0. The van der Waals surface area contributed by atoms with Gasteiger partial charge in [-0.05, 0) is 24.6 Å². The lowest BCUT2D eigenvalue weighted by Gasteiger charge is -2.18. The monoisotopic (exact) mass is 270 g/mol. The summed E-state index contributed by atoms with van der Waals surface area (Å²) in [5, 5.41) is 19.5. The van der Waals surface area contributed by atoms with Gasteiger partial charge in [-0.25, -0.2) is 0 Å². The van der Waals surface area contributed by atoms with Crippen molar-refractivity contribution in [3.63, 3.8) is 0 Å². The van der Waals surface area contributed by atoms with Crippen LogP contribution in [0.3, 0.4) is 0 Å². The third-order valence-electron chi connectivity index (χ3n) is 2.53. The van der Waals surface area contributed by atoms with Crippen molar-refractivity contribution >= 4 is 6.47 Å². The summed E-state index contributed by atoms with van der Waals surface area (Å²) < 4.78 is 14.9. The molecule has 0 amide bonds. The zero-order valence-electron chi connectivity index (χ0n) is 10.9. The molecule has 0 fully saturated rings. The maximum absolute atomic E-state index is 10.0. The van der Waals surface area contributed by atoms with Crippen molar-refractivity contribution in [2.45, 2.75) is 19.1 Å². The molecule has 1 aromatic rings. The number of benzene rings is 1. The fraction of sp³-hybridized carbons (Fsp3) is 0.462. The molecule has 2 N–H and O–H groups in total. The van der Waals surface area contributed by atoms with Gasteiger partial charge >= 0.3 is 0 Å². The first-order valence-electron chi connectivity index (χ1n) is 5.86. The molecule has 106 valence electrons. The van der Waals surface area contributed by atoms with Gasteiger partial charge in [-0.2, -0.15) is 0 Å². The van der Waals surface area contributed by atoms with E-state index in [1.165, 1.54) is 7.11 Å². The Morgan fingerprint density at radius 3 is 2.63 bits per heavy atom. The minimum atomic E-state index is -1.20. The number of carbonyl (C=O) groups excluding carboxylic acids is 1. The molecule has 6 heteroatoms. The highest BCUT2D eigenvalue weighted by molar-refractivity contribution is 5.43. The zero-order valence-corrected chi connectivity index (χ0v) is 10.9. The van der Waals surface area contributed by atoms with Crippen molar-refractivity contribution in [3.8, 4) is 11.5 Å². The molecular formula is C13H18O6. The Morgan fingerprint density at radius 1 is 1.32 bits per heavy atom. The van der Waals surface area contributed by atoms with E-state index in [0.29, 0.717) is 23.7 Å². The fourth-order valence-electron chi connectivity index (χ4n) is 1.59. The summed E-state index contributed by atoms with van der Waals surface area (Å²) in [5.41, 5.74) is 0.447. The Kier molecular flexibility index (Phi) is 6.11. The molecule has 2 atom stereocenters. The molecule has 0 radical (unpaired) electrons. The Morgan fingerprint density at radius 2 is 2.05 bits per heavy atom. The number of aliphatic hydroxyl groups is 2. The molecule has 6 nitrogen and oxygen atoms in total. The van der Waals surface area contributed by atoms with Crippen molar-refractivity contribution in [2.75, 3.05) is 20.3 Å². The van der Waals surface area contributed by atoms with Crippen LogP contribution in [0.4, 0.5) is 0 Å². The second-order valence-electron chi connectivity index (χ2n) is 3.79. The third-order valence-corrected chi connectivity index (χ3v) is 2.53. The van der Waals surface area contributed by atoms with E-state index in [9.17, 15) is 15.0 Å². The van der Waals surface area contributed by atoms with E-state index in [1.54, 1.807) is 18.2 Å². The third kappa shape index (κ3) is 4.11. The molecule has 19 heavy (non-hydrogen) atoms. The molecule has 0 heterocycles. The first-order chi connectivity index (χ1) is 9.13. The summed E-state index contributed by atoms with van der Waals surface area (Å²) in [6, 6.07) is 4.83. The highest BCUT2D eigenvalue weighted by Gasteiger charge is 2.20. The van der Waals surface area contributed by atoms with Crippen LogP contribution in [-0.4, -0.2) is 43.1 Å². The maximum Gasteiger partial charge on any atom is 0.293 e. The number of methoxy groups -OCH3 is 1. The molecule has 0 bridgehead atoms. The average molecular weight is 270 g/mol. The predicted molar refractivity (Wildman–Crippen MR) is 67.1 cm³/mol. The van der Waals surface area contributed by atoms with Gasteiger partial charge in [-0.15, -0.1) is 0 Å². The molecule has 0 spiro atoms. The lowest BCUT2D eigenvalue weighted by molar-refractivity contribution is -0.134. The fourth-order valence-corrected chi connectivity index (χ4v) is 1.59. The van der Waals surface area contributed by atoms with Gasteiger partial charge in [0, 0.05) is 0 Å². The molecular weight excluding hydrogens is 252 g/mol. The minimum absolute atomic E-state index is 0.217. The van der Waals surface area contributed by atoms with E-state index in [2.05, 4.69) is 4.74 Å². The lowest BCUT2D eigenvalue weighted by Crippen LogP contribution is -2.23. The highest BCUT2D eigenvalue weighted by Crippen LogP contribution is 2.31. The molecule has 0 aliphatic carbocycles. The standard InChI is InChI=1S/C13H18O6/c1-3-19-11-5-4-9(6-12(11)17-2)13(16)10(15)7-18-8-14/h4-6,8,10,13,15-16H,3,7H2,1-2H3. The highest BCUT2D eigenvalue weighted by atomic mass is 16.5. The van der Waals surface area contributed by atoms with Gasteiger partial charge in [-0.1, -0.05) is 6.07 Å². The van der Waals surface area contributed by atoms with E-state index in [1.807, 2.05) is 6.92 Å². The van der Waals surface area contributed by atoms with Gasteiger partial charge in [-0.3, -0.25) is 4.79 Å². The smallest absolute Gasteiger partial charge is 0.293 e. The Labute approximate surface area is 111 Å². The molecule has 0 aliphatic heterocycles. The quantitative estimate of drug-likeness (QED) is 0.675. The van der Waals surface area contributed by atoms with Crippen molar-refractivity contribution in [1.29, 1.82) is 0 Å². The number of hydrogen-bond acceptors (Lipinski definition) is 6. The van der Waals surface area contributed by atoms with Gasteiger partial charge in [0.2, 0.25) is 0 Å². The second kappa shape index (κ2) is 7.60. The normalized spacial score (nSPS) is 13.5. The molecule has 0 saturated carbocycles. The van der Waals surface area contributed by atoms with E-state index in [0.717, 1.165) is 0 Å². The van der Waals surface area contributed by atoms with Crippen LogP contribution in [0.15, 0.2) is 18.2 Å². The molecule has 2 unspecified atom stereocenters. The van der Waals surface area contributed by atoms with Gasteiger partial charge < -0.3 is 24.4 Å². The molecule has 0 aliphatic rings. The maximum atomic E-state index is 10.0. The van der Waals surface area contributed by atoms with Crippen molar-refractivity contribution < 1.29 is 29.2 Å². The minimum Gasteiger partial charge on any atom is -0.493 e. The van der Waals surface area contributed by atoms with Crippen LogP contribution in [0, 0.1) is 0 Å². The zero-order chi connectivity index (χ0) is 14.3. The van der Waals surface area contributed by atoms with E-state index >= 15 is 0 Å². The largest absolute Gasteiger partial charge is 0.493 e. The van der Waals surface area contributed by atoms with Crippen LogP contribution in [0.25, 0.3) is 0 Å². The SMILES string of the molecule is CCOc1ccc(C(O)C(O)COC=O)cc1OC. The van der Waals surface area contributed by atoms with Crippen LogP contribution >= 0.6 is 0 Å². The number of aliphatic hydroxyl groups excluding tert-OH is 2. The van der Waals surface area contributed by atoms with Crippen LogP contribution in [-0.2, 0) is 9.53 Å². The van der Waals surface area contributed by atoms with Crippen LogP contribution in [0.5, 0.6) is 11.5 Å². The summed E-state index contributed by atoms with van der Waals surface area (Å²) in [7, 11) is 1.49. The summed E-state index contributed by atoms with van der Waals surface area (Å²) in [5.74, 6) is 1.02. The molecule has 0 aromatic heterocycles. The molecule has 1 rings (SSSR count). The van der Waals surface area contributed by atoms with Crippen LogP contribution in [0.1, 0.15) is 18.6 Å². The van der Waals surface area contributed by atoms with E-state index in [4.69, 9.17) is 9.47 Å². The molecule has 1 aromatic carbocycles. The summed E-state index contributed by atoms with van der Waals surface area (Å²) in [4.78, 5) is 10.0. The summed E-state index contributed by atoms with van der Waals surface area (Å²) in [6.45, 7) is 2.28. The van der Waals surface area contributed by atoms with Gasteiger partial charge in [0.25, 0.3) is 6.47 Å².